The molecule has 0 aromatic heterocycles. The molecule has 28 heavy (non-hydrogen) atoms. The Morgan fingerprint density at radius 1 is 1.18 bits per heavy atom. The van der Waals surface area contributed by atoms with Crippen LogP contribution < -0.4 is 0 Å². The first kappa shape index (κ1) is 20.6. The maximum Gasteiger partial charge on any atom is 0.132 e. The maximum absolute atomic E-state index is 11.8. The molecular weight excluding hydrogens is 344 g/mol. The van der Waals surface area contributed by atoms with Crippen LogP contribution in [0.25, 0.3) is 0 Å². The van der Waals surface area contributed by atoms with Crippen LogP contribution in [0.2, 0.25) is 0 Å². The molecule has 1 N–H and O–H groups in total. The first-order chi connectivity index (χ1) is 13.3. The Balaban J connectivity index is 1.51. The lowest BCUT2D eigenvalue weighted by molar-refractivity contribution is -0.119. The van der Waals surface area contributed by atoms with E-state index in [1.54, 1.807) is 5.57 Å². The van der Waals surface area contributed by atoms with Crippen molar-refractivity contribution in [3.05, 3.63) is 11.6 Å². The summed E-state index contributed by atoms with van der Waals surface area (Å²) in [5, 5.41) is 10.2. The van der Waals surface area contributed by atoms with Crippen molar-refractivity contribution in [1.82, 2.24) is 0 Å². The van der Waals surface area contributed by atoms with Crippen LogP contribution >= 0.6 is 0 Å². The number of hydrogen-bond acceptors (Lipinski definition) is 2. The largest absolute Gasteiger partial charge is 0.393 e. The lowest BCUT2D eigenvalue weighted by Gasteiger charge is -2.58. The molecule has 4 aliphatic rings. The summed E-state index contributed by atoms with van der Waals surface area (Å²) in [7, 11) is 0. The van der Waals surface area contributed by atoms with Crippen LogP contribution in [0.15, 0.2) is 11.6 Å². The van der Waals surface area contributed by atoms with Crippen molar-refractivity contribution >= 4 is 5.78 Å². The van der Waals surface area contributed by atoms with E-state index >= 15 is 0 Å². The summed E-state index contributed by atoms with van der Waals surface area (Å²) in [5.74, 6) is 4.45. The van der Waals surface area contributed by atoms with E-state index in [2.05, 4.69) is 26.8 Å². The minimum atomic E-state index is -0.104. The SMILES string of the molecule is CCC(=O)CC[C@@H](C)[C@H]1CC[C@H]2[C@@H]3CC=C4C[C@H](O)CC[C@]4(C)[C@H]3CC[C@]12C. The number of ketones is 1. The zero-order valence-corrected chi connectivity index (χ0v) is 18.7. The van der Waals surface area contributed by atoms with Gasteiger partial charge in [0, 0.05) is 12.8 Å². The number of hydrogen-bond donors (Lipinski definition) is 1. The Bertz CT molecular complexity index is 636. The molecule has 3 saturated carbocycles. The molecular formula is C26H42O2. The Hall–Kier alpha value is -0.630. The molecule has 3 fully saturated rings. The fourth-order valence-electron chi connectivity index (χ4n) is 8.38. The van der Waals surface area contributed by atoms with Crippen LogP contribution in [-0.4, -0.2) is 17.0 Å². The molecule has 0 spiro atoms. The number of carbonyl (C=O) groups is 1. The summed E-state index contributed by atoms with van der Waals surface area (Å²) >= 11 is 0. The summed E-state index contributed by atoms with van der Waals surface area (Å²) in [6.07, 6.45) is 14.9. The molecule has 0 aromatic rings. The summed E-state index contributed by atoms with van der Waals surface area (Å²) in [6, 6.07) is 0. The van der Waals surface area contributed by atoms with Crippen molar-refractivity contribution < 1.29 is 9.90 Å². The summed E-state index contributed by atoms with van der Waals surface area (Å²) < 4.78 is 0. The van der Waals surface area contributed by atoms with Crippen LogP contribution in [0.3, 0.4) is 0 Å². The van der Waals surface area contributed by atoms with E-state index < -0.39 is 0 Å². The number of aliphatic hydroxyl groups is 1. The van der Waals surface area contributed by atoms with Gasteiger partial charge in [0.15, 0.2) is 0 Å². The highest BCUT2D eigenvalue weighted by Crippen LogP contribution is 2.67. The second-order valence-corrected chi connectivity index (χ2v) is 11.3. The first-order valence-electron chi connectivity index (χ1n) is 12.2. The van der Waals surface area contributed by atoms with Crippen LogP contribution in [0.1, 0.15) is 98.3 Å². The minimum Gasteiger partial charge on any atom is -0.393 e. The Morgan fingerprint density at radius 3 is 2.71 bits per heavy atom. The van der Waals surface area contributed by atoms with Crippen LogP contribution in [0.5, 0.6) is 0 Å². The van der Waals surface area contributed by atoms with Gasteiger partial charge in [-0.15, -0.1) is 0 Å². The molecule has 0 aliphatic heterocycles. The van der Waals surface area contributed by atoms with Crippen molar-refractivity contribution in [3.8, 4) is 0 Å². The molecule has 4 aliphatic carbocycles. The third-order valence-corrected chi connectivity index (χ3v) is 10.1. The molecule has 0 unspecified atom stereocenters. The summed E-state index contributed by atoms with van der Waals surface area (Å²) in [5.41, 5.74) is 2.41. The maximum atomic E-state index is 11.8. The van der Waals surface area contributed by atoms with Crippen molar-refractivity contribution in [2.24, 2.45) is 40.4 Å². The molecule has 2 heteroatoms. The van der Waals surface area contributed by atoms with Gasteiger partial charge >= 0.3 is 0 Å². The predicted octanol–water partition coefficient (Wildman–Crippen LogP) is 6.32. The van der Waals surface area contributed by atoms with Gasteiger partial charge in [-0.3, -0.25) is 4.79 Å². The number of allylic oxidation sites excluding steroid dienone is 1. The smallest absolute Gasteiger partial charge is 0.132 e. The van der Waals surface area contributed by atoms with Crippen molar-refractivity contribution in [2.45, 2.75) is 104 Å². The van der Waals surface area contributed by atoms with E-state index in [1.165, 1.54) is 38.5 Å². The third kappa shape index (κ3) is 3.22. The Morgan fingerprint density at radius 2 is 1.96 bits per heavy atom. The van der Waals surface area contributed by atoms with Crippen molar-refractivity contribution in [1.29, 1.82) is 0 Å². The normalized spacial score (nSPS) is 46.2. The highest BCUT2D eigenvalue weighted by Gasteiger charge is 2.59. The summed E-state index contributed by atoms with van der Waals surface area (Å²) in [4.78, 5) is 11.8. The number of Topliss-reactive ketones (excluding diaryl/α,β-unsaturated/α-hetero) is 1. The van der Waals surface area contributed by atoms with Crippen LogP contribution in [0.4, 0.5) is 0 Å². The zero-order chi connectivity index (χ0) is 20.1. The van der Waals surface area contributed by atoms with E-state index in [1.807, 2.05) is 6.92 Å². The van der Waals surface area contributed by atoms with Crippen LogP contribution in [-0.2, 0) is 4.79 Å². The molecule has 8 atom stereocenters. The van der Waals surface area contributed by atoms with Gasteiger partial charge < -0.3 is 5.11 Å². The zero-order valence-electron chi connectivity index (χ0n) is 18.7. The van der Waals surface area contributed by atoms with Gasteiger partial charge in [-0.1, -0.05) is 39.3 Å². The molecule has 0 radical (unpaired) electrons. The number of fused-ring (bicyclic) bond motifs is 5. The van der Waals surface area contributed by atoms with Crippen molar-refractivity contribution in [3.63, 3.8) is 0 Å². The fourth-order valence-corrected chi connectivity index (χ4v) is 8.38. The van der Waals surface area contributed by atoms with Gasteiger partial charge in [0.05, 0.1) is 6.10 Å². The monoisotopic (exact) mass is 386 g/mol. The van der Waals surface area contributed by atoms with Gasteiger partial charge in [0.2, 0.25) is 0 Å². The molecule has 0 amide bonds. The number of rotatable bonds is 5. The lowest BCUT2D eigenvalue weighted by atomic mass is 9.47. The minimum absolute atomic E-state index is 0.104. The van der Waals surface area contributed by atoms with E-state index in [0.717, 1.165) is 49.4 Å². The molecule has 0 aromatic carbocycles. The molecule has 158 valence electrons. The van der Waals surface area contributed by atoms with E-state index in [0.29, 0.717) is 29.0 Å². The first-order valence-corrected chi connectivity index (χ1v) is 12.2. The lowest BCUT2D eigenvalue weighted by Crippen LogP contribution is -2.50. The van der Waals surface area contributed by atoms with Gasteiger partial charge in [-0.2, -0.15) is 0 Å². The average Bonchev–Trinajstić information content (AvgIpc) is 3.03. The highest BCUT2D eigenvalue weighted by atomic mass is 16.3. The molecule has 0 bridgehead atoms. The predicted molar refractivity (Wildman–Crippen MR) is 115 cm³/mol. The van der Waals surface area contributed by atoms with Gasteiger partial charge in [-0.05, 0) is 98.2 Å². The molecule has 0 heterocycles. The summed E-state index contributed by atoms with van der Waals surface area (Å²) in [6.45, 7) is 9.55. The van der Waals surface area contributed by atoms with E-state index in [4.69, 9.17) is 0 Å². The topological polar surface area (TPSA) is 37.3 Å². The molecule has 2 nitrogen and oxygen atoms in total. The number of carbonyl (C=O) groups excluding carboxylic acids is 1. The average molecular weight is 387 g/mol. The fraction of sp³-hybridized carbons (Fsp3) is 0.885. The van der Waals surface area contributed by atoms with E-state index in [-0.39, 0.29) is 6.10 Å². The van der Waals surface area contributed by atoms with Gasteiger partial charge in [0.25, 0.3) is 0 Å². The number of aliphatic hydroxyl groups excluding tert-OH is 1. The quantitative estimate of drug-likeness (QED) is 0.561. The molecule has 4 rings (SSSR count). The standard InChI is InChI=1S/C26H42O2/c1-5-19(27)8-6-17(2)22-10-11-23-21-9-7-18-16-20(28)12-14-25(18,3)24(21)13-15-26(22,23)4/h7,17,20-24,28H,5-6,8-16H2,1-4H3/t17-,20-,21+,22-,23+,24+,25+,26-/m1/s1. The Labute approximate surface area is 172 Å². The van der Waals surface area contributed by atoms with Gasteiger partial charge in [-0.25, -0.2) is 0 Å². The van der Waals surface area contributed by atoms with E-state index in [9.17, 15) is 9.90 Å². The second kappa shape index (κ2) is 7.56. The highest BCUT2D eigenvalue weighted by molar-refractivity contribution is 5.77. The molecule has 0 saturated heterocycles. The van der Waals surface area contributed by atoms with Crippen molar-refractivity contribution in [2.75, 3.05) is 0 Å². The van der Waals surface area contributed by atoms with Crippen LogP contribution in [0, 0.1) is 40.4 Å². The Kier molecular flexibility index (Phi) is 5.57. The third-order valence-electron chi connectivity index (χ3n) is 10.1. The second-order valence-electron chi connectivity index (χ2n) is 11.3. The van der Waals surface area contributed by atoms with Gasteiger partial charge in [0.1, 0.15) is 5.78 Å².